The number of benzene rings is 3. The third-order valence-electron chi connectivity index (χ3n) is 13.4. The number of hydrogen-bond donors (Lipinski definition) is 4. The largest absolute Gasteiger partial charge is 0.453 e. The Labute approximate surface area is 359 Å². The van der Waals surface area contributed by atoms with Crippen LogP contribution in [0.1, 0.15) is 63.3 Å². The van der Waals surface area contributed by atoms with E-state index in [1.807, 2.05) is 22.2 Å². The Morgan fingerprint density at radius 2 is 1.02 bits per heavy atom. The minimum Gasteiger partial charge on any atom is -0.453 e. The van der Waals surface area contributed by atoms with Crippen LogP contribution in [-0.2, 0) is 28.5 Å². The number of nitrogens with one attached hydrogen (secondary N) is 4. The van der Waals surface area contributed by atoms with E-state index in [1.165, 1.54) is 28.4 Å². The maximum absolute atomic E-state index is 13.9. The van der Waals surface area contributed by atoms with Gasteiger partial charge in [0.25, 0.3) is 0 Å². The van der Waals surface area contributed by atoms with Crippen molar-refractivity contribution >= 4 is 34.8 Å². The topological polar surface area (TPSA) is 193 Å². The predicted octanol–water partition coefficient (Wildman–Crippen LogP) is 6.13. The smallest absolute Gasteiger partial charge is 0.407 e. The molecule has 0 spiro atoms. The van der Waals surface area contributed by atoms with Crippen LogP contribution in [0.4, 0.5) is 9.59 Å². The standard InChI is InChI=1S/C46H52N8O8/c1-23(59-3)39(51-45(57)61-5)43(55)53-35-17-31(35)19-37(53)41-47-21-33(49-41)26-9-7-25(8-10-26)27-11-12-29-16-30(14-13-28(29)15-27)34-22-48-42(50-34)38-20-32-18-36(32)54(38)44(56)40(24(2)60-4)52-46(58)62-6/h7-16,21-24,31-32,35-40H,17-20H2,1-6H3,(H,47,49)(H,48,50)(H,51,57)(H,52,58)/t23-,24-,31-,32-,35-,36-,37+,38+,39+,40+/m1/s1. The quantitative estimate of drug-likeness (QED) is 0.107. The van der Waals surface area contributed by atoms with E-state index >= 15 is 0 Å². The number of piperidine rings is 2. The molecule has 324 valence electrons. The highest BCUT2D eigenvalue weighted by Gasteiger charge is 2.57. The number of aromatic amines is 2. The number of hydrogen-bond acceptors (Lipinski definition) is 10. The van der Waals surface area contributed by atoms with Crippen molar-refractivity contribution in [3.63, 3.8) is 0 Å². The van der Waals surface area contributed by atoms with Crippen LogP contribution >= 0.6 is 0 Å². The second-order valence-electron chi connectivity index (χ2n) is 16.9. The summed E-state index contributed by atoms with van der Waals surface area (Å²) in [6, 6.07) is 19.0. The molecule has 4 N–H and O–H groups in total. The maximum atomic E-state index is 13.9. The normalized spacial score (nSPS) is 24.1. The second kappa shape index (κ2) is 16.5. The highest BCUT2D eigenvalue weighted by molar-refractivity contribution is 5.91. The Hall–Kier alpha value is -6.26. The summed E-state index contributed by atoms with van der Waals surface area (Å²) in [6.07, 6.45) is 4.64. The molecule has 5 aromatic rings. The highest BCUT2D eigenvalue weighted by Crippen LogP contribution is 2.54. The van der Waals surface area contributed by atoms with Gasteiger partial charge >= 0.3 is 12.2 Å². The average Bonchev–Trinajstić information content (AvgIpc) is 3.88. The van der Waals surface area contributed by atoms with E-state index in [0.29, 0.717) is 11.8 Å². The van der Waals surface area contributed by atoms with Crippen molar-refractivity contribution in [2.24, 2.45) is 11.8 Å². The number of nitrogens with zero attached hydrogens (tertiary/aromatic N) is 4. The molecule has 2 aliphatic carbocycles. The molecule has 16 nitrogen and oxygen atoms in total. The molecule has 4 fully saturated rings. The Morgan fingerprint density at radius 3 is 1.48 bits per heavy atom. The van der Waals surface area contributed by atoms with E-state index in [2.05, 4.69) is 81.3 Å². The van der Waals surface area contributed by atoms with Crippen LogP contribution in [0.3, 0.4) is 0 Å². The monoisotopic (exact) mass is 844 g/mol. The predicted molar refractivity (Wildman–Crippen MR) is 228 cm³/mol. The third kappa shape index (κ3) is 7.65. The lowest BCUT2D eigenvalue weighted by Gasteiger charge is -2.32. The number of H-pyrrole nitrogens is 2. The lowest BCUT2D eigenvalue weighted by atomic mass is 9.98. The van der Waals surface area contributed by atoms with E-state index in [0.717, 1.165) is 81.7 Å². The lowest BCUT2D eigenvalue weighted by Crippen LogP contribution is -2.54. The fourth-order valence-electron chi connectivity index (χ4n) is 9.50. The molecule has 2 aliphatic heterocycles. The number of rotatable bonds is 13. The van der Waals surface area contributed by atoms with Gasteiger partial charge in [-0.2, -0.15) is 0 Å². The van der Waals surface area contributed by atoms with Gasteiger partial charge < -0.3 is 49.3 Å². The molecular formula is C46H52N8O8. The van der Waals surface area contributed by atoms with Gasteiger partial charge in [0.05, 0.1) is 62.3 Å². The first-order chi connectivity index (χ1) is 30.0. The fraction of sp³-hybridized carbons (Fsp3) is 0.435. The van der Waals surface area contributed by atoms with Gasteiger partial charge in [0.1, 0.15) is 23.7 Å². The number of imidazole rings is 2. The SMILES string of the molecule is COC(=O)N[C@H](C(=O)N1[C@@H]2C[C@@H]2C[C@H]1c1ncc(-c2ccc(-c3ccc4cc(-c5cnc([C@@H]6C[C@H]7C[C@H]7N6C(=O)[C@@H](NC(=O)OC)[C@@H](C)OC)[nH]5)ccc4c3)cc2)[nH]1)[C@@H](C)OC. The number of carbonyl (C=O) groups excluding carboxylic acids is 4. The Bertz CT molecular complexity index is 2500. The van der Waals surface area contributed by atoms with Gasteiger partial charge in [-0.25, -0.2) is 19.6 Å². The molecule has 4 aliphatic rings. The number of alkyl carbamates (subject to hydrolysis) is 2. The van der Waals surface area contributed by atoms with Crippen molar-refractivity contribution in [1.82, 2.24) is 40.4 Å². The third-order valence-corrected chi connectivity index (χ3v) is 13.4. The average molecular weight is 845 g/mol. The minimum atomic E-state index is -0.889. The molecule has 10 atom stereocenters. The molecule has 2 saturated heterocycles. The summed E-state index contributed by atoms with van der Waals surface area (Å²) in [5.74, 6) is 1.83. The maximum Gasteiger partial charge on any atom is 0.407 e. The number of carbonyl (C=O) groups is 4. The van der Waals surface area contributed by atoms with Crippen LogP contribution in [0, 0.1) is 11.8 Å². The van der Waals surface area contributed by atoms with Crippen molar-refractivity contribution in [2.75, 3.05) is 28.4 Å². The number of fused-ring (bicyclic) bond motifs is 3. The van der Waals surface area contributed by atoms with Gasteiger partial charge in [0.15, 0.2) is 0 Å². The van der Waals surface area contributed by atoms with Crippen molar-refractivity contribution in [3.05, 3.63) is 84.7 Å². The summed E-state index contributed by atoms with van der Waals surface area (Å²) < 4.78 is 20.5. The first-order valence-electron chi connectivity index (χ1n) is 21.1. The van der Waals surface area contributed by atoms with Gasteiger partial charge in [-0.05, 0) is 91.0 Å². The molecule has 4 heterocycles. The van der Waals surface area contributed by atoms with Gasteiger partial charge in [-0.15, -0.1) is 0 Å². The zero-order valence-corrected chi connectivity index (χ0v) is 35.6. The Balaban J connectivity index is 0.880. The van der Waals surface area contributed by atoms with Crippen molar-refractivity contribution < 1.29 is 38.1 Å². The summed E-state index contributed by atoms with van der Waals surface area (Å²) in [5, 5.41) is 7.50. The minimum absolute atomic E-state index is 0.109. The van der Waals surface area contributed by atoms with E-state index in [1.54, 1.807) is 13.8 Å². The lowest BCUT2D eigenvalue weighted by molar-refractivity contribution is -0.139. The van der Waals surface area contributed by atoms with Crippen LogP contribution in [0.25, 0.3) is 44.4 Å². The number of methoxy groups -OCH3 is 4. The first kappa shape index (κ1) is 41.1. The molecule has 62 heavy (non-hydrogen) atoms. The van der Waals surface area contributed by atoms with Crippen LogP contribution in [-0.4, -0.2) is 119 Å². The molecule has 2 aromatic heterocycles. The molecule has 2 saturated carbocycles. The molecule has 0 unspecified atom stereocenters. The van der Waals surface area contributed by atoms with Crippen molar-refractivity contribution in [1.29, 1.82) is 0 Å². The molecular weight excluding hydrogens is 793 g/mol. The molecule has 16 heteroatoms. The molecule has 3 aromatic carbocycles. The number of ether oxygens (including phenoxy) is 4. The van der Waals surface area contributed by atoms with E-state index in [4.69, 9.17) is 28.9 Å². The van der Waals surface area contributed by atoms with Crippen molar-refractivity contribution in [2.45, 2.75) is 88.0 Å². The van der Waals surface area contributed by atoms with E-state index in [9.17, 15) is 19.2 Å². The van der Waals surface area contributed by atoms with Crippen LogP contribution < -0.4 is 10.6 Å². The molecule has 4 amide bonds. The highest BCUT2D eigenvalue weighted by atomic mass is 16.5. The summed E-state index contributed by atoms with van der Waals surface area (Å²) in [6.45, 7) is 3.51. The van der Waals surface area contributed by atoms with Gasteiger partial charge in [-0.1, -0.05) is 48.5 Å². The zero-order valence-electron chi connectivity index (χ0n) is 35.6. The first-order valence-corrected chi connectivity index (χ1v) is 21.1. The van der Waals surface area contributed by atoms with Gasteiger partial charge in [-0.3, -0.25) is 9.59 Å². The van der Waals surface area contributed by atoms with Crippen LogP contribution in [0.5, 0.6) is 0 Å². The fourth-order valence-corrected chi connectivity index (χ4v) is 9.50. The number of likely N-dealkylation sites (tertiary alicyclic amines) is 2. The second-order valence-corrected chi connectivity index (χ2v) is 16.9. The van der Waals surface area contributed by atoms with Crippen LogP contribution in [0.2, 0.25) is 0 Å². The van der Waals surface area contributed by atoms with Crippen molar-refractivity contribution in [3.8, 4) is 33.6 Å². The van der Waals surface area contributed by atoms with Gasteiger partial charge in [0, 0.05) is 31.9 Å². The molecule has 0 bridgehead atoms. The summed E-state index contributed by atoms with van der Waals surface area (Å²) in [7, 11) is 5.57. The molecule has 9 rings (SSSR count). The summed E-state index contributed by atoms with van der Waals surface area (Å²) in [4.78, 5) is 72.3. The Morgan fingerprint density at radius 1 is 0.597 bits per heavy atom. The van der Waals surface area contributed by atoms with E-state index in [-0.39, 0.29) is 36.0 Å². The Kier molecular flexibility index (Phi) is 11.0. The molecule has 0 radical (unpaired) electrons. The summed E-state index contributed by atoms with van der Waals surface area (Å²) >= 11 is 0. The number of amides is 4. The van der Waals surface area contributed by atoms with Crippen LogP contribution in [0.15, 0.2) is 73.1 Å². The number of aromatic nitrogens is 4. The van der Waals surface area contributed by atoms with E-state index < -0.39 is 36.5 Å². The van der Waals surface area contributed by atoms with Gasteiger partial charge in [0.2, 0.25) is 11.8 Å². The summed E-state index contributed by atoms with van der Waals surface area (Å²) in [5.41, 5.74) is 5.82. The zero-order chi connectivity index (χ0) is 43.4.